The Bertz CT molecular complexity index is 638. The molecule has 0 amide bonds. The summed E-state index contributed by atoms with van der Waals surface area (Å²) in [6.45, 7) is 2.79. The van der Waals surface area contributed by atoms with Crippen molar-refractivity contribution in [3.63, 3.8) is 0 Å². The Morgan fingerprint density at radius 3 is 2.85 bits per heavy atom. The molecule has 0 fully saturated rings. The van der Waals surface area contributed by atoms with Crippen molar-refractivity contribution in [3.05, 3.63) is 35.3 Å². The minimum absolute atomic E-state index is 0.117. The van der Waals surface area contributed by atoms with Crippen molar-refractivity contribution in [2.24, 2.45) is 0 Å². The lowest BCUT2D eigenvalue weighted by Gasteiger charge is -2.11. The van der Waals surface area contributed by atoms with Gasteiger partial charge in [-0.05, 0) is 38.3 Å². The summed E-state index contributed by atoms with van der Waals surface area (Å²) < 4.78 is 13.4. The topological polar surface area (TPSA) is 58.0 Å². The highest BCUT2D eigenvalue weighted by molar-refractivity contribution is 5.62. The van der Waals surface area contributed by atoms with E-state index in [-0.39, 0.29) is 5.75 Å². The van der Waals surface area contributed by atoms with E-state index >= 15 is 0 Å². The molecule has 0 unspecified atom stereocenters. The first-order chi connectivity index (χ1) is 9.67. The number of hydrogen-bond acceptors (Lipinski definition) is 4. The number of benzene rings is 1. The first-order valence-electron chi connectivity index (χ1n) is 6.81. The number of phenols is 1. The zero-order chi connectivity index (χ0) is 14.1. The van der Waals surface area contributed by atoms with Crippen LogP contribution in [0.2, 0.25) is 0 Å². The number of nitrogens with one attached hydrogen (secondary N) is 1. The quantitative estimate of drug-likeness (QED) is 0.902. The number of anilines is 1. The van der Waals surface area contributed by atoms with Gasteiger partial charge < -0.3 is 10.4 Å². The summed E-state index contributed by atoms with van der Waals surface area (Å²) in [5.41, 5.74) is 2.68. The molecule has 4 nitrogen and oxygen atoms in total. The highest BCUT2D eigenvalue weighted by Gasteiger charge is 2.19. The molecule has 2 N–H and O–H groups in total. The van der Waals surface area contributed by atoms with E-state index in [0.717, 1.165) is 48.9 Å². The molecule has 0 spiro atoms. The Labute approximate surface area is 116 Å². The van der Waals surface area contributed by atoms with Gasteiger partial charge in [-0.1, -0.05) is 0 Å². The summed E-state index contributed by atoms with van der Waals surface area (Å²) in [5.74, 6) is 0.674. The molecule has 1 aliphatic rings. The fraction of sp³-hybridized carbons (Fsp3) is 0.333. The van der Waals surface area contributed by atoms with Crippen LogP contribution in [0.3, 0.4) is 0 Å². The Morgan fingerprint density at radius 1 is 1.25 bits per heavy atom. The standard InChI is InChI=1S/C15H16FN3O/c1-2-17-15-12-4-3-5-13(12)18-14(19-15)9-6-10(16)8-11(20)7-9/h6-8,20H,2-5H2,1H3,(H,17,18,19). The number of phenolic OH excluding ortho intramolecular Hbond substituents is 1. The molecule has 0 saturated carbocycles. The molecule has 20 heavy (non-hydrogen) atoms. The van der Waals surface area contributed by atoms with Gasteiger partial charge in [0.05, 0.1) is 0 Å². The first-order valence-corrected chi connectivity index (χ1v) is 6.81. The van der Waals surface area contributed by atoms with Crippen molar-refractivity contribution in [2.45, 2.75) is 26.2 Å². The first kappa shape index (κ1) is 12.8. The Kier molecular flexibility index (Phi) is 3.26. The number of aromatic nitrogens is 2. The minimum Gasteiger partial charge on any atom is -0.508 e. The molecular weight excluding hydrogens is 257 g/mol. The second-order valence-electron chi connectivity index (χ2n) is 4.90. The molecule has 2 aromatic rings. The maximum absolute atomic E-state index is 13.4. The van der Waals surface area contributed by atoms with Crippen LogP contribution in [-0.2, 0) is 12.8 Å². The van der Waals surface area contributed by atoms with Crippen LogP contribution in [0, 0.1) is 5.82 Å². The van der Waals surface area contributed by atoms with Gasteiger partial charge in [-0.3, -0.25) is 0 Å². The van der Waals surface area contributed by atoms with Crippen LogP contribution in [0.15, 0.2) is 18.2 Å². The zero-order valence-electron chi connectivity index (χ0n) is 11.3. The van der Waals surface area contributed by atoms with E-state index in [1.807, 2.05) is 6.92 Å². The van der Waals surface area contributed by atoms with Crippen molar-refractivity contribution in [2.75, 3.05) is 11.9 Å². The van der Waals surface area contributed by atoms with E-state index in [1.54, 1.807) is 0 Å². The Hall–Kier alpha value is -2.17. The van der Waals surface area contributed by atoms with Gasteiger partial charge >= 0.3 is 0 Å². The monoisotopic (exact) mass is 273 g/mol. The highest BCUT2D eigenvalue weighted by atomic mass is 19.1. The lowest BCUT2D eigenvalue weighted by Crippen LogP contribution is -2.06. The molecule has 0 aliphatic heterocycles. The molecule has 0 saturated heterocycles. The van der Waals surface area contributed by atoms with Crippen molar-refractivity contribution < 1.29 is 9.50 Å². The molecule has 1 aromatic heterocycles. The zero-order valence-corrected chi connectivity index (χ0v) is 11.3. The van der Waals surface area contributed by atoms with Crippen molar-refractivity contribution in [1.82, 2.24) is 9.97 Å². The van der Waals surface area contributed by atoms with Crippen LogP contribution in [-0.4, -0.2) is 21.6 Å². The fourth-order valence-electron chi connectivity index (χ4n) is 2.58. The van der Waals surface area contributed by atoms with Gasteiger partial charge in [-0.2, -0.15) is 0 Å². The molecule has 3 rings (SSSR count). The van der Waals surface area contributed by atoms with Crippen molar-refractivity contribution in [3.8, 4) is 17.1 Å². The molecule has 1 aromatic carbocycles. The molecule has 0 radical (unpaired) electrons. The lowest BCUT2D eigenvalue weighted by molar-refractivity contribution is 0.469. The number of rotatable bonds is 3. The average Bonchev–Trinajstić information content (AvgIpc) is 2.86. The average molecular weight is 273 g/mol. The van der Waals surface area contributed by atoms with E-state index in [2.05, 4.69) is 15.3 Å². The van der Waals surface area contributed by atoms with E-state index in [0.29, 0.717) is 11.4 Å². The van der Waals surface area contributed by atoms with E-state index in [1.165, 1.54) is 12.1 Å². The van der Waals surface area contributed by atoms with Gasteiger partial charge in [0.2, 0.25) is 0 Å². The summed E-state index contributed by atoms with van der Waals surface area (Å²) in [6, 6.07) is 3.89. The third-order valence-electron chi connectivity index (χ3n) is 3.42. The molecule has 1 aliphatic carbocycles. The summed E-state index contributed by atoms with van der Waals surface area (Å²) in [7, 11) is 0. The minimum atomic E-state index is -0.492. The smallest absolute Gasteiger partial charge is 0.162 e. The second-order valence-corrected chi connectivity index (χ2v) is 4.90. The predicted molar refractivity (Wildman–Crippen MR) is 75.3 cm³/mol. The lowest BCUT2D eigenvalue weighted by atomic mass is 10.1. The van der Waals surface area contributed by atoms with Gasteiger partial charge in [0.25, 0.3) is 0 Å². The largest absolute Gasteiger partial charge is 0.508 e. The van der Waals surface area contributed by atoms with Crippen LogP contribution in [0.1, 0.15) is 24.6 Å². The number of halogens is 1. The third kappa shape index (κ3) is 2.31. The van der Waals surface area contributed by atoms with Crippen LogP contribution in [0.5, 0.6) is 5.75 Å². The van der Waals surface area contributed by atoms with Gasteiger partial charge in [0.1, 0.15) is 17.4 Å². The molecule has 104 valence electrons. The van der Waals surface area contributed by atoms with Crippen molar-refractivity contribution in [1.29, 1.82) is 0 Å². The number of hydrogen-bond donors (Lipinski definition) is 2. The van der Waals surface area contributed by atoms with E-state index in [9.17, 15) is 9.50 Å². The summed E-state index contributed by atoms with van der Waals surface area (Å²) in [5, 5.41) is 12.8. The van der Waals surface area contributed by atoms with Crippen LogP contribution < -0.4 is 5.32 Å². The van der Waals surface area contributed by atoms with Crippen LogP contribution >= 0.6 is 0 Å². The summed E-state index contributed by atoms with van der Waals surface area (Å²) in [4.78, 5) is 9.01. The maximum atomic E-state index is 13.4. The van der Waals surface area contributed by atoms with E-state index in [4.69, 9.17) is 0 Å². The Morgan fingerprint density at radius 2 is 2.10 bits per heavy atom. The Balaban J connectivity index is 2.12. The number of aromatic hydroxyl groups is 1. The number of fused-ring (bicyclic) bond motifs is 1. The fourth-order valence-corrected chi connectivity index (χ4v) is 2.58. The predicted octanol–water partition coefficient (Wildman–Crippen LogP) is 2.91. The molecular formula is C15H16FN3O. The SMILES string of the molecule is CCNc1nc(-c2cc(O)cc(F)c2)nc2c1CCC2. The highest BCUT2D eigenvalue weighted by Crippen LogP contribution is 2.30. The number of aryl methyl sites for hydroxylation is 1. The van der Waals surface area contributed by atoms with Gasteiger partial charge in [-0.25, -0.2) is 14.4 Å². The number of nitrogens with zero attached hydrogens (tertiary/aromatic N) is 2. The van der Waals surface area contributed by atoms with E-state index < -0.39 is 5.82 Å². The maximum Gasteiger partial charge on any atom is 0.162 e. The summed E-state index contributed by atoms with van der Waals surface area (Å²) >= 11 is 0. The van der Waals surface area contributed by atoms with Crippen molar-refractivity contribution >= 4 is 5.82 Å². The molecule has 5 heteroatoms. The van der Waals surface area contributed by atoms with Crippen LogP contribution in [0.25, 0.3) is 11.4 Å². The van der Waals surface area contributed by atoms with Gasteiger partial charge in [0, 0.05) is 29.4 Å². The molecule has 0 atom stereocenters. The van der Waals surface area contributed by atoms with Gasteiger partial charge in [-0.15, -0.1) is 0 Å². The normalized spacial score (nSPS) is 13.3. The van der Waals surface area contributed by atoms with Crippen LogP contribution in [0.4, 0.5) is 10.2 Å². The third-order valence-corrected chi connectivity index (χ3v) is 3.42. The second kappa shape index (κ2) is 5.07. The summed E-state index contributed by atoms with van der Waals surface area (Å²) in [6.07, 6.45) is 2.97. The van der Waals surface area contributed by atoms with Gasteiger partial charge in [0.15, 0.2) is 5.82 Å². The molecule has 1 heterocycles. The molecule has 0 bridgehead atoms.